The van der Waals surface area contributed by atoms with Crippen LogP contribution in [-0.4, -0.2) is 58.3 Å². The molecule has 8 heteroatoms. The molecule has 0 unspecified atom stereocenters. The Labute approximate surface area is 155 Å². The van der Waals surface area contributed by atoms with Crippen LogP contribution in [0.1, 0.15) is 31.7 Å². The van der Waals surface area contributed by atoms with Gasteiger partial charge in [-0.05, 0) is 43.9 Å². The molecule has 1 N–H and O–H groups in total. The Kier molecular flexibility index (Phi) is 7.28. The number of nitrogens with zero attached hydrogens (tertiary/aromatic N) is 1. The number of carbonyl (C=O) groups is 1. The van der Waals surface area contributed by atoms with Crippen molar-refractivity contribution in [1.29, 1.82) is 0 Å². The molecule has 1 heterocycles. The second-order valence-electron chi connectivity index (χ2n) is 6.37. The molecule has 1 amide bonds. The fraction of sp³-hybridized carbons (Fsp3) is 0.611. The number of rotatable bonds is 8. The number of ether oxygens (including phenoxy) is 2. The average molecular weight is 384 g/mol. The van der Waals surface area contributed by atoms with Crippen molar-refractivity contribution in [2.45, 2.75) is 38.6 Å². The molecule has 0 atom stereocenters. The van der Waals surface area contributed by atoms with Crippen LogP contribution in [0.3, 0.4) is 0 Å². The largest absolute Gasteiger partial charge is 0.493 e. The summed E-state index contributed by atoms with van der Waals surface area (Å²) in [6, 6.07) is 5.58. The van der Waals surface area contributed by atoms with Crippen molar-refractivity contribution in [2.75, 3.05) is 33.1 Å². The molecule has 146 valence electrons. The molecule has 0 bridgehead atoms. The molecule has 0 saturated carbocycles. The van der Waals surface area contributed by atoms with Crippen molar-refractivity contribution in [3.63, 3.8) is 0 Å². The lowest BCUT2D eigenvalue weighted by atomic mass is 10.0. The number of likely N-dealkylation sites (tertiary alicyclic amines) is 1. The monoisotopic (exact) mass is 384 g/mol. The van der Waals surface area contributed by atoms with Crippen molar-refractivity contribution in [3.05, 3.63) is 23.8 Å². The molecule has 1 aliphatic rings. The van der Waals surface area contributed by atoms with Gasteiger partial charge in [-0.2, -0.15) is 0 Å². The smallest absolute Gasteiger partial charge is 0.222 e. The summed E-state index contributed by atoms with van der Waals surface area (Å²) in [5.74, 6) is 1.49. The molecule has 26 heavy (non-hydrogen) atoms. The highest BCUT2D eigenvalue weighted by molar-refractivity contribution is 7.89. The van der Waals surface area contributed by atoms with Crippen molar-refractivity contribution in [2.24, 2.45) is 0 Å². The van der Waals surface area contributed by atoms with Crippen LogP contribution in [0.4, 0.5) is 0 Å². The summed E-state index contributed by atoms with van der Waals surface area (Å²) < 4.78 is 36.5. The summed E-state index contributed by atoms with van der Waals surface area (Å²) in [6.07, 6.45) is 2.35. The molecule has 0 radical (unpaired) electrons. The van der Waals surface area contributed by atoms with Gasteiger partial charge in [0.25, 0.3) is 0 Å². The first-order valence-corrected chi connectivity index (χ1v) is 10.5. The summed E-state index contributed by atoms with van der Waals surface area (Å²) in [4.78, 5) is 14.2. The molecular formula is C18H28N2O5S. The summed E-state index contributed by atoms with van der Waals surface area (Å²) >= 11 is 0. The van der Waals surface area contributed by atoms with E-state index in [1.807, 2.05) is 23.1 Å². The SMILES string of the molecule is CCS(=O)(=O)NC1CCN(C(=O)CCc2ccc(OC)c(OC)c2)CC1. The summed E-state index contributed by atoms with van der Waals surface area (Å²) in [5, 5.41) is 0. The summed E-state index contributed by atoms with van der Waals surface area (Å²) in [6.45, 7) is 2.79. The number of methoxy groups -OCH3 is 2. The zero-order chi connectivity index (χ0) is 19.2. The molecule has 1 aromatic rings. The molecule has 1 aliphatic heterocycles. The van der Waals surface area contributed by atoms with E-state index in [1.54, 1.807) is 21.1 Å². The molecular weight excluding hydrogens is 356 g/mol. The van der Waals surface area contributed by atoms with Gasteiger partial charge >= 0.3 is 0 Å². The minimum Gasteiger partial charge on any atom is -0.493 e. The molecule has 2 rings (SSSR count). The Morgan fingerprint density at radius 1 is 1.19 bits per heavy atom. The molecule has 1 fully saturated rings. The summed E-state index contributed by atoms with van der Waals surface area (Å²) in [7, 11) is -0.0155. The number of benzene rings is 1. The quantitative estimate of drug-likeness (QED) is 0.735. The van der Waals surface area contributed by atoms with E-state index in [0.29, 0.717) is 50.3 Å². The van der Waals surface area contributed by atoms with Crippen molar-refractivity contribution in [3.8, 4) is 11.5 Å². The molecule has 1 aromatic carbocycles. The van der Waals surface area contributed by atoms with E-state index in [1.165, 1.54) is 0 Å². The molecule has 1 saturated heterocycles. The number of nitrogens with one attached hydrogen (secondary N) is 1. The first-order valence-electron chi connectivity index (χ1n) is 8.87. The maximum absolute atomic E-state index is 12.4. The Morgan fingerprint density at radius 3 is 2.42 bits per heavy atom. The predicted octanol–water partition coefficient (Wildman–Crippen LogP) is 1.57. The predicted molar refractivity (Wildman–Crippen MR) is 100 cm³/mol. The third-order valence-electron chi connectivity index (χ3n) is 4.65. The van der Waals surface area contributed by atoms with Gasteiger partial charge in [0.2, 0.25) is 15.9 Å². The van der Waals surface area contributed by atoms with E-state index in [2.05, 4.69) is 4.72 Å². The van der Waals surface area contributed by atoms with Crippen LogP contribution >= 0.6 is 0 Å². The van der Waals surface area contributed by atoms with Gasteiger partial charge in [-0.15, -0.1) is 0 Å². The second kappa shape index (κ2) is 9.23. The highest BCUT2D eigenvalue weighted by Crippen LogP contribution is 2.28. The first kappa shape index (κ1) is 20.5. The third kappa shape index (κ3) is 5.60. The second-order valence-corrected chi connectivity index (χ2v) is 8.41. The number of aryl methyl sites for hydroxylation is 1. The highest BCUT2D eigenvalue weighted by atomic mass is 32.2. The van der Waals surface area contributed by atoms with Crippen LogP contribution in [0.2, 0.25) is 0 Å². The van der Waals surface area contributed by atoms with Gasteiger partial charge in [0.15, 0.2) is 11.5 Å². The number of hydrogen-bond acceptors (Lipinski definition) is 5. The van der Waals surface area contributed by atoms with Crippen molar-refractivity contribution in [1.82, 2.24) is 9.62 Å². The normalized spacial score (nSPS) is 15.7. The average Bonchev–Trinajstić information content (AvgIpc) is 2.66. The van der Waals surface area contributed by atoms with Gasteiger partial charge < -0.3 is 14.4 Å². The Balaban J connectivity index is 1.82. The van der Waals surface area contributed by atoms with E-state index in [-0.39, 0.29) is 17.7 Å². The van der Waals surface area contributed by atoms with Gasteiger partial charge in [0.1, 0.15) is 0 Å². The van der Waals surface area contributed by atoms with Gasteiger partial charge in [-0.3, -0.25) is 4.79 Å². The highest BCUT2D eigenvalue weighted by Gasteiger charge is 2.25. The molecule has 0 aromatic heterocycles. The minimum atomic E-state index is -3.19. The first-order chi connectivity index (χ1) is 12.4. The number of amides is 1. The summed E-state index contributed by atoms with van der Waals surface area (Å²) in [5.41, 5.74) is 1.02. The van der Waals surface area contributed by atoms with E-state index >= 15 is 0 Å². The molecule has 0 aliphatic carbocycles. The van der Waals surface area contributed by atoms with E-state index < -0.39 is 10.0 Å². The van der Waals surface area contributed by atoms with Crippen LogP contribution in [-0.2, 0) is 21.2 Å². The Morgan fingerprint density at radius 2 is 1.85 bits per heavy atom. The maximum Gasteiger partial charge on any atom is 0.222 e. The van der Waals surface area contributed by atoms with Crippen LogP contribution in [0.25, 0.3) is 0 Å². The molecule has 0 spiro atoms. The number of piperidine rings is 1. The Hall–Kier alpha value is -1.80. The zero-order valence-electron chi connectivity index (χ0n) is 15.7. The van der Waals surface area contributed by atoms with E-state index in [9.17, 15) is 13.2 Å². The number of hydrogen-bond donors (Lipinski definition) is 1. The van der Waals surface area contributed by atoms with Crippen molar-refractivity contribution < 1.29 is 22.7 Å². The zero-order valence-corrected chi connectivity index (χ0v) is 16.5. The standard InChI is InChI=1S/C18H28N2O5S/c1-4-26(22,23)19-15-9-11-20(12-10-15)18(21)8-6-14-5-7-16(24-2)17(13-14)25-3/h5,7,13,15,19H,4,6,8-12H2,1-3H3. The maximum atomic E-state index is 12.4. The van der Waals surface area contributed by atoms with Crippen LogP contribution < -0.4 is 14.2 Å². The van der Waals surface area contributed by atoms with Crippen molar-refractivity contribution >= 4 is 15.9 Å². The fourth-order valence-electron chi connectivity index (χ4n) is 3.03. The lowest BCUT2D eigenvalue weighted by Gasteiger charge is -2.32. The van der Waals surface area contributed by atoms with E-state index in [0.717, 1.165) is 5.56 Å². The van der Waals surface area contributed by atoms with E-state index in [4.69, 9.17) is 9.47 Å². The topological polar surface area (TPSA) is 84.9 Å². The lowest BCUT2D eigenvalue weighted by molar-refractivity contribution is -0.132. The van der Waals surface area contributed by atoms with Crippen LogP contribution in [0.15, 0.2) is 18.2 Å². The third-order valence-corrected chi connectivity index (χ3v) is 6.10. The van der Waals surface area contributed by atoms with Crippen LogP contribution in [0.5, 0.6) is 11.5 Å². The fourth-order valence-corrected chi connectivity index (χ4v) is 3.94. The number of carbonyl (C=O) groups excluding carboxylic acids is 1. The minimum absolute atomic E-state index is 0.0742. The van der Waals surface area contributed by atoms with Gasteiger partial charge in [-0.1, -0.05) is 6.07 Å². The van der Waals surface area contributed by atoms with Gasteiger partial charge in [0, 0.05) is 25.6 Å². The van der Waals surface area contributed by atoms with Gasteiger partial charge in [0.05, 0.1) is 20.0 Å². The van der Waals surface area contributed by atoms with Gasteiger partial charge in [-0.25, -0.2) is 13.1 Å². The van der Waals surface area contributed by atoms with Crippen LogP contribution in [0, 0.1) is 0 Å². The lowest BCUT2D eigenvalue weighted by Crippen LogP contribution is -2.46. The molecule has 7 nitrogen and oxygen atoms in total. The number of sulfonamides is 1. The Bertz CT molecular complexity index is 712.